The van der Waals surface area contributed by atoms with Gasteiger partial charge in [0.05, 0.1) is 46.2 Å². The first-order valence-corrected chi connectivity index (χ1v) is 10.8. The maximum atomic E-state index is 12.4. The van der Waals surface area contributed by atoms with Crippen LogP contribution in [0.15, 0.2) is 0 Å². The van der Waals surface area contributed by atoms with Gasteiger partial charge in [-0.05, 0) is 6.92 Å². The summed E-state index contributed by atoms with van der Waals surface area (Å²) in [5.74, 6) is 0. The van der Waals surface area contributed by atoms with Crippen LogP contribution in [-0.4, -0.2) is 87.0 Å². The van der Waals surface area contributed by atoms with Gasteiger partial charge in [-0.2, -0.15) is 43.2 Å². The van der Waals surface area contributed by atoms with E-state index in [-0.39, 0.29) is 26.4 Å². The minimum atomic E-state index is -6.14. The summed E-state index contributed by atoms with van der Waals surface area (Å²) in [6.45, 7) is -0.887. The fourth-order valence-electron chi connectivity index (χ4n) is 1.35. The zero-order valence-electron chi connectivity index (χ0n) is 15.4. The van der Waals surface area contributed by atoms with Gasteiger partial charge in [0.25, 0.3) is 0 Å². The summed E-state index contributed by atoms with van der Waals surface area (Å²) in [7, 11) is -12.1. The Hall–Kier alpha value is -0.760. The molecule has 0 aromatic rings. The molecule has 10 nitrogen and oxygen atoms in total. The lowest BCUT2D eigenvalue weighted by Crippen LogP contribution is -2.35. The van der Waals surface area contributed by atoms with Crippen LogP contribution in [-0.2, 0) is 47.5 Å². The Balaban J connectivity index is 4.60. The van der Waals surface area contributed by atoms with Crippen molar-refractivity contribution in [1.29, 1.82) is 0 Å². The summed E-state index contributed by atoms with van der Waals surface area (Å²) >= 11 is 0. The van der Waals surface area contributed by atoms with E-state index in [1.807, 2.05) is 0 Å². The van der Waals surface area contributed by atoms with Gasteiger partial charge in [-0.15, -0.1) is 0 Å². The zero-order chi connectivity index (χ0) is 23.5. The molecule has 0 aliphatic heterocycles. The van der Waals surface area contributed by atoms with Crippen molar-refractivity contribution in [3.05, 3.63) is 0 Å². The summed E-state index contributed by atoms with van der Waals surface area (Å²) in [6.07, 6.45) is -2.25. The second-order valence-corrected chi connectivity index (χ2v) is 8.07. The number of rotatable bonds is 16. The van der Waals surface area contributed by atoms with Gasteiger partial charge >= 0.3 is 31.3 Å². The molecule has 0 N–H and O–H groups in total. The number of ether oxygens (including phenoxy) is 4. The average molecular weight is 502 g/mol. The summed E-state index contributed by atoms with van der Waals surface area (Å²) in [5, 5.41) is 0. The summed E-state index contributed by atoms with van der Waals surface area (Å²) in [5.41, 5.74) is -11.5. The lowest BCUT2D eigenvalue weighted by molar-refractivity contribution is -0.139. The molecule has 0 aliphatic carbocycles. The van der Waals surface area contributed by atoms with Crippen molar-refractivity contribution in [2.24, 2.45) is 0 Å². The van der Waals surface area contributed by atoms with E-state index in [1.165, 1.54) is 0 Å². The molecule has 0 heterocycles. The van der Waals surface area contributed by atoms with Crippen LogP contribution in [0.3, 0.4) is 0 Å². The standard InChI is InChI=1S/C12H20F6O10S2/c1-2-23-3-4-24-5-6-25-9-10(28-30(21,22)12(16,17)18)26-7-8-27-29(19,20)11(13,14)15/h10H,2-9H2,1H3. The summed E-state index contributed by atoms with van der Waals surface area (Å²) in [6, 6.07) is 0. The second-order valence-electron chi connectivity index (χ2n) is 4.90. The van der Waals surface area contributed by atoms with Crippen molar-refractivity contribution in [3.8, 4) is 0 Å². The van der Waals surface area contributed by atoms with Crippen LogP contribution in [0.1, 0.15) is 6.92 Å². The molecule has 0 rings (SSSR count). The van der Waals surface area contributed by atoms with E-state index in [4.69, 9.17) is 14.2 Å². The van der Waals surface area contributed by atoms with Gasteiger partial charge in [0.15, 0.2) is 6.29 Å². The van der Waals surface area contributed by atoms with Crippen molar-refractivity contribution in [2.45, 2.75) is 24.2 Å². The number of hydrogen-bond acceptors (Lipinski definition) is 10. The third kappa shape index (κ3) is 11.6. The molecule has 0 saturated carbocycles. The summed E-state index contributed by atoms with van der Waals surface area (Å²) in [4.78, 5) is 0. The molecule has 1 atom stereocenters. The molecule has 0 saturated heterocycles. The van der Waals surface area contributed by atoms with Crippen LogP contribution in [0, 0.1) is 0 Å². The van der Waals surface area contributed by atoms with Crippen LogP contribution in [0.5, 0.6) is 0 Å². The van der Waals surface area contributed by atoms with Crippen LogP contribution >= 0.6 is 0 Å². The summed E-state index contributed by atoms with van der Waals surface area (Å²) < 4.78 is 143. The van der Waals surface area contributed by atoms with Crippen LogP contribution < -0.4 is 0 Å². The monoisotopic (exact) mass is 502 g/mol. The van der Waals surface area contributed by atoms with Crippen molar-refractivity contribution in [3.63, 3.8) is 0 Å². The molecule has 0 radical (unpaired) electrons. The average Bonchev–Trinajstić information content (AvgIpc) is 2.58. The quantitative estimate of drug-likeness (QED) is 0.0998. The van der Waals surface area contributed by atoms with Gasteiger partial charge in [-0.25, -0.2) is 4.18 Å². The van der Waals surface area contributed by atoms with E-state index in [0.717, 1.165) is 0 Å². The SMILES string of the molecule is CCOCCOCCOCC(OCCOS(=O)(=O)C(F)(F)F)OS(=O)(=O)C(F)(F)F. The first-order valence-electron chi connectivity index (χ1n) is 7.94. The minimum absolute atomic E-state index is 0.0568. The highest BCUT2D eigenvalue weighted by molar-refractivity contribution is 7.87. The van der Waals surface area contributed by atoms with Crippen molar-refractivity contribution in [2.75, 3.05) is 52.9 Å². The molecular weight excluding hydrogens is 482 g/mol. The molecule has 18 heteroatoms. The lowest BCUT2D eigenvalue weighted by Gasteiger charge is -2.19. The molecule has 0 aromatic carbocycles. The van der Waals surface area contributed by atoms with Crippen molar-refractivity contribution < 1.29 is 70.5 Å². The van der Waals surface area contributed by atoms with Crippen LogP contribution in [0.25, 0.3) is 0 Å². The Bertz CT molecular complexity index is 677. The highest BCUT2D eigenvalue weighted by Gasteiger charge is 2.49. The normalized spacial score (nSPS) is 14.8. The Morgan fingerprint density at radius 2 is 1.20 bits per heavy atom. The van der Waals surface area contributed by atoms with E-state index in [0.29, 0.717) is 6.61 Å². The van der Waals surface area contributed by atoms with Gasteiger partial charge in [-0.3, -0.25) is 4.18 Å². The van der Waals surface area contributed by atoms with Crippen LogP contribution in [0.4, 0.5) is 26.3 Å². The molecule has 0 amide bonds. The third-order valence-corrected chi connectivity index (χ3v) is 4.71. The molecule has 0 spiro atoms. The fraction of sp³-hybridized carbons (Fsp3) is 1.00. The lowest BCUT2D eigenvalue weighted by atomic mass is 10.6. The van der Waals surface area contributed by atoms with Gasteiger partial charge in [-0.1, -0.05) is 0 Å². The maximum Gasteiger partial charge on any atom is 0.523 e. The zero-order valence-corrected chi connectivity index (χ0v) is 17.0. The van der Waals surface area contributed by atoms with Gasteiger partial charge < -0.3 is 18.9 Å². The number of halogens is 6. The molecule has 0 aromatic heterocycles. The van der Waals surface area contributed by atoms with E-state index in [2.05, 4.69) is 13.1 Å². The topological polar surface area (TPSA) is 124 Å². The maximum absolute atomic E-state index is 12.4. The highest BCUT2D eigenvalue weighted by atomic mass is 32.2. The predicted octanol–water partition coefficient (Wildman–Crippen LogP) is 1.13. The molecule has 30 heavy (non-hydrogen) atoms. The smallest absolute Gasteiger partial charge is 0.379 e. The third-order valence-electron chi connectivity index (χ3n) is 2.63. The van der Waals surface area contributed by atoms with Gasteiger partial charge in [0.1, 0.15) is 0 Å². The number of alkyl halides is 6. The van der Waals surface area contributed by atoms with E-state index in [9.17, 15) is 43.2 Å². The minimum Gasteiger partial charge on any atom is -0.379 e. The van der Waals surface area contributed by atoms with Crippen molar-refractivity contribution in [1.82, 2.24) is 0 Å². The molecule has 0 bridgehead atoms. The van der Waals surface area contributed by atoms with Crippen LogP contribution in [0.2, 0.25) is 0 Å². The second kappa shape index (κ2) is 12.9. The molecule has 0 aliphatic rings. The molecule has 182 valence electrons. The van der Waals surface area contributed by atoms with Gasteiger partial charge in [0.2, 0.25) is 0 Å². The largest absolute Gasteiger partial charge is 0.523 e. The molecular formula is C12H20F6O10S2. The first-order chi connectivity index (χ1) is 13.6. The molecule has 1 unspecified atom stereocenters. The van der Waals surface area contributed by atoms with Crippen molar-refractivity contribution >= 4 is 20.2 Å². The Morgan fingerprint density at radius 3 is 1.70 bits per heavy atom. The highest BCUT2D eigenvalue weighted by Crippen LogP contribution is 2.26. The Morgan fingerprint density at radius 1 is 0.700 bits per heavy atom. The number of hydrogen-bond donors (Lipinski definition) is 0. The van der Waals surface area contributed by atoms with E-state index >= 15 is 0 Å². The van der Waals surface area contributed by atoms with Gasteiger partial charge in [0, 0.05) is 6.61 Å². The molecule has 0 fully saturated rings. The first kappa shape index (κ1) is 29.2. The Kier molecular flexibility index (Phi) is 12.6. The van der Waals surface area contributed by atoms with E-state index in [1.54, 1.807) is 6.92 Å². The van der Waals surface area contributed by atoms with E-state index < -0.39 is 57.4 Å². The predicted molar refractivity (Wildman–Crippen MR) is 84.9 cm³/mol. The fourth-order valence-corrected chi connectivity index (χ4v) is 2.28. The Labute approximate surface area is 168 Å².